The maximum absolute atomic E-state index is 12.9. The summed E-state index contributed by atoms with van der Waals surface area (Å²) in [4.78, 5) is 0.217. The predicted octanol–water partition coefficient (Wildman–Crippen LogP) is 2.70. The molecule has 0 unspecified atom stereocenters. The zero-order valence-corrected chi connectivity index (χ0v) is 16.4. The Bertz CT molecular complexity index is 1050. The molecule has 0 amide bonds. The van der Waals surface area contributed by atoms with Gasteiger partial charge in [0.05, 0.1) is 35.0 Å². The van der Waals surface area contributed by atoms with Crippen LogP contribution in [0.15, 0.2) is 35.2 Å². The van der Waals surface area contributed by atoms with Crippen LogP contribution in [-0.4, -0.2) is 28.0 Å². The maximum atomic E-state index is 12.9. The number of hydrogen-bond acceptors (Lipinski definition) is 4. The molecule has 0 aliphatic carbocycles. The van der Waals surface area contributed by atoms with Gasteiger partial charge in [0.1, 0.15) is 4.90 Å². The molecule has 0 aliphatic heterocycles. The van der Waals surface area contributed by atoms with Crippen molar-refractivity contribution in [2.75, 3.05) is 4.72 Å². The molecule has 2 heterocycles. The Balaban J connectivity index is 1.95. The molecule has 7 nitrogen and oxygen atoms in total. The summed E-state index contributed by atoms with van der Waals surface area (Å²) < 4.78 is 31.9. The van der Waals surface area contributed by atoms with E-state index in [2.05, 4.69) is 14.9 Å². The number of aromatic nitrogens is 4. The zero-order chi connectivity index (χ0) is 19.1. The molecule has 3 aromatic rings. The Morgan fingerprint density at radius 1 is 0.962 bits per heavy atom. The highest BCUT2D eigenvalue weighted by Crippen LogP contribution is 2.26. The van der Waals surface area contributed by atoms with Gasteiger partial charge in [0.15, 0.2) is 0 Å². The van der Waals surface area contributed by atoms with E-state index in [0.717, 1.165) is 11.3 Å². The summed E-state index contributed by atoms with van der Waals surface area (Å²) in [5.74, 6) is 0. The van der Waals surface area contributed by atoms with Gasteiger partial charge in [-0.05, 0) is 33.3 Å². The van der Waals surface area contributed by atoms with E-state index in [0.29, 0.717) is 29.3 Å². The standard InChI is InChI=1S/C18H23N5O2S/c1-12-17(14(3)23(20-12)11-16-9-7-6-8-10-16)21-26(24,25)18-13(2)19-22(5)15(18)4/h6-10,21H,11H2,1-5H3. The minimum absolute atomic E-state index is 0.217. The number of nitrogens with one attached hydrogen (secondary N) is 1. The molecule has 0 bridgehead atoms. The third-order valence-electron chi connectivity index (χ3n) is 4.50. The summed E-state index contributed by atoms with van der Waals surface area (Å²) in [7, 11) is -2.01. The van der Waals surface area contributed by atoms with Crippen molar-refractivity contribution in [2.45, 2.75) is 39.1 Å². The van der Waals surface area contributed by atoms with Crippen molar-refractivity contribution in [3.8, 4) is 0 Å². The first kappa shape index (κ1) is 18.2. The van der Waals surface area contributed by atoms with Crippen molar-refractivity contribution in [1.29, 1.82) is 0 Å². The van der Waals surface area contributed by atoms with E-state index in [1.54, 1.807) is 32.5 Å². The molecule has 0 saturated heterocycles. The van der Waals surface area contributed by atoms with E-state index in [1.807, 2.05) is 41.9 Å². The molecule has 0 atom stereocenters. The summed E-state index contributed by atoms with van der Waals surface area (Å²) in [5.41, 5.74) is 4.11. The summed E-state index contributed by atoms with van der Waals surface area (Å²) in [6.45, 7) is 7.69. The lowest BCUT2D eigenvalue weighted by atomic mass is 10.2. The molecule has 0 fully saturated rings. The highest BCUT2D eigenvalue weighted by molar-refractivity contribution is 7.92. The van der Waals surface area contributed by atoms with E-state index in [1.165, 1.54) is 0 Å². The number of benzene rings is 1. The second-order valence-electron chi connectivity index (χ2n) is 6.42. The van der Waals surface area contributed by atoms with Crippen LogP contribution in [0.2, 0.25) is 0 Å². The lowest BCUT2D eigenvalue weighted by Gasteiger charge is -2.10. The van der Waals surface area contributed by atoms with Gasteiger partial charge in [-0.15, -0.1) is 0 Å². The Labute approximate surface area is 153 Å². The highest BCUT2D eigenvalue weighted by atomic mass is 32.2. The Morgan fingerprint density at radius 2 is 1.62 bits per heavy atom. The van der Waals surface area contributed by atoms with E-state index >= 15 is 0 Å². The van der Waals surface area contributed by atoms with Crippen LogP contribution in [-0.2, 0) is 23.6 Å². The lowest BCUT2D eigenvalue weighted by molar-refractivity contribution is 0.599. The van der Waals surface area contributed by atoms with Crippen LogP contribution in [0, 0.1) is 27.7 Å². The molecule has 0 spiro atoms. The van der Waals surface area contributed by atoms with Crippen LogP contribution in [0.25, 0.3) is 0 Å². The van der Waals surface area contributed by atoms with Crippen molar-refractivity contribution in [3.05, 3.63) is 58.7 Å². The van der Waals surface area contributed by atoms with E-state index in [9.17, 15) is 8.42 Å². The molecule has 8 heteroatoms. The number of rotatable bonds is 5. The van der Waals surface area contributed by atoms with E-state index in [-0.39, 0.29) is 4.90 Å². The maximum Gasteiger partial charge on any atom is 0.265 e. The monoisotopic (exact) mass is 373 g/mol. The van der Waals surface area contributed by atoms with Crippen molar-refractivity contribution in [3.63, 3.8) is 0 Å². The molecule has 1 N–H and O–H groups in total. The molecule has 138 valence electrons. The number of sulfonamides is 1. The average molecular weight is 373 g/mol. The number of hydrogen-bond donors (Lipinski definition) is 1. The highest BCUT2D eigenvalue weighted by Gasteiger charge is 2.26. The van der Waals surface area contributed by atoms with Gasteiger partial charge in [-0.3, -0.25) is 14.1 Å². The second kappa shape index (κ2) is 6.60. The average Bonchev–Trinajstić information content (AvgIpc) is 2.98. The number of nitrogens with zero attached hydrogens (tertiary/aromatic N) is 4. The van der Waals surface area contributed by atoms with Gasteiger partial charge in [0.2, 0.25) is 0 Å². The minimum atomic E-state index is -3.75. The normalized spacial score (nSPS) is 11.7. The summed E-state index contributed by atoms with van der Waals surface area (Å²) in [6.07, 6.45) is 0. The lowest BCUT2D eigenvalue weighted by Crippen LogP contribution is -2.16. The van der Waals surface area contributed by atoms with Gasteiger partial charge >= 0.3 is 0 Å². The molecule has 26 heavy (non-hydrogen) atoms. The van der Waals surface area contributed by atoms with Crippen molar-refractivity contribution >= 4 is 15.7 Å². The molecular weight excluding hydrogens is 350 g/mol. The minimum Gasteiger partial charge on any atom is -0.276 e. The SMILES string of the molecule is Cc1nn(Cc2ccccc2)c(C)c1NS(=O)(=O)c1c(C)nn(C)c1C. The first-order chi connectivity index (χ1) is 12.2. The van der Waals surface area contributed by atoms with Crippen molar-refractivity contribution in [2.24, 2.45) is 7.05 Å². The van der Waals surface area contributed by atoms with Crippen molar-refractivity contribution < 1.29 is 8.42 Å². The molecule has 0 radical (unpaired) electrons. The molecular formula is C18H23N5O2S. The summed E-state index contributed by atoms with van der Waals surface area (Å²) in [6, 6.07) is 9.94. The fraction of sp³-hybridized carbons (Fsp3) is 0.333. The summed E-state index contributed by atoms with van der Waals surface area (Å²) in [5, 5.41) is 8.70. The third-order valence-corrected chi connectivity index (χ3v) is 6.11. The van der Waals surface area contributed by atoms with Crippen LogP contribution in [0.5, 0.6) is 0 Å². The molecule has 1 aromatic carbocycles. The van der Waals surface area contributed by atoms with Crippen molar-refractivity contribution in [1.82, 2.24) is 19.6 Å². The van der Waals surface area contributed by atoms with Gasteiger partial charge in [-0.1, -0.05) is 30.3 Å². The predicted molar refractivity (Wildman–Crippen MR) is 101 cm³/mol. The number of anilines is 1. The largest absolute Gasteiger partial charge is 0.276 e. The van der Waals surface area contributed by atoms with Crippen LogP contribution in [0.1, 0.15) is 28.3 Å². The van der Waals surface area contributed by atoms with Crippen LogP contribution in [0.4, 0.5) is 5.69 Å². The van der Waals surface area contributed by atoms with Gasteiger partial charge in [-0.25, -0.2) is 8.42 Å². The van der Waals surface area contributed by atoms with Gasteiger partial charge in [0.25, 0.3) is 10.0 Å². The zero-order valence-electron chi connectivity index (χ0n) is 15.6. The molecule has 3 rings (SSSR count). The quantitative estimate of drug-likeness (QED) is 0.745. The van der Waals surface area contributed by atoms with Crippen LogP contribution in [0.3, 0.4) is 0 Å². The number of aryl methyl sites for hydroxylation is 3. The molecule has 0 aliphatic rings. The molecule has 2 aromatic heterocycles. The van der Waals surface area contributed by atoms with Gasteiger partial charge in [0, 0.05) is 7.05 Å². The smallest absolute Gasteiger partial charge is 0.265 e. The molecule has 0 saturated carbocycles. The second-order valence-corrected chi connectivity index (χ2v) is 8.04. The van der Waals surface area contributed by atoms with Crippen LogP contribution < -0.4 is 4.72 Å². The van der Waals surface area contributed by atoms with Gasteiger partial charge < -0.3 is 0 Å². The summed E-state index contributed by atoms with van der Waals surface area (Å²) >= 11 is 0. The van der Waals surface area contributed by atoms with E-state index in [4.69, 9.17) is 0 Å². The fourth-order valence-electron chi connectivity index (χ4n) is 3.08. The Hall–Kier alpha value is -2.61. The van der Waals surface area contributed by atoms with Gasteiger partial charge in [-0.2, -0.15) is 10.2 Å². The topological polar surface area (TPSA) is 81.8 Å². The van der Waals surface area contributed by atoms with Crippen LogP contribution >= 0.6 is 0 Å². The van der Waals surface area contributed by atoms with E-state index < -0.39 is 10.0 Å². The Kier molecular flexibility index (Phi) is 4.62. The third kappa shape index (κ3) is 3.24. The Morgan fingerprint density at radius 3 is 2.19 bits per heavy atom. The first-order valence-corrected chi connectivity index (χ1v) is 9.80. The first-order valence-electron chi connectivity index (χ1n) is 8.31. The fourth-order valence-corrected chi connectivity index (χ4v) is 4.70.